The van der Waals surface area contributed by atoms with Crippen LogP contribution in [0.1, 0.15) is 6.92 Å². The molecule has 0 N–H and O–H groups in total. The predicted molar refractivity (Wildman–Crippen MR) is 74.1 cm³/mol. The SMILES string of the molecule is CC1CS(=O)(=O)CCN1c1ncc(Br)cc1[N+](=O)[O-]. The van der Waals surface area contributed by atoms with E-state index in [0.717, 1.165) is 0 Å². The molecule has 0 aromatic carbocycles. The molecule has 1 unspecified atom stereocenters. The summed E-state index contributed by atoms with van der Waals surface area (Å²) in [5, 5.41) is 11.1. The molecule has 9 heteroatoms. The van der Waals surface area contributed by atoms with Crippen LogP contribution in [0.15, 0.2) is 16.7 Å². The Hall–Kier alpha value is -1.22. The van der Waals surface area contributed by atoms with E-state index >= 15 is 0 Å². The van der Waals surface area contributed by atoms with Crippen molar-refractivity contribution in [3.8, 4) is 0 Å². The maximum Gasteiger partial charge on any atom is 0.312 e. The standard InChI is InChI=1S/C10H12BrN3O4S/c1-7-6-19(17,18)3-2-13(7)10-9(14(15)16)4-8(11)5-12-10/h4-5,7H,2-3,6H2,1H3. The van der Waals surface area contributed by atoms with Gasteiger partial charge in [0.15, 0.2) is 9.84 Å². The third-order valence-electron chi connectivity index (χ3n) is 2.95. The van der Waals surface area contributed by atoms with Crippen LogP contribution in [0, 0.1) is 10.1 Å². The van der Waals surface area contributed by atoms with E-state index in [9.17, 15) is 18.5 Å². The maximum absolute atomic E-state index is 11.5. The minimum atomic E-state index is -3.06. The van der Waals surface area contributed by atoms with Gasteiger partial charge in [-0.3, -0.25) is 10.1 Å². The lowest BCUT2D eigenvalue weighted by molar-refractivity contribution is -0.384. The van der Waals surface area contributed by atoms with Crippen LogP contribution < -0.4 is 4.90 Å². The van der Waals surface area contributed by atoms with Crippen LogP contribution in [0.5, 0.6) is 0 Å². The van der Waals surface area contributed by atoms with E-state index in [-0.39, 0.29) is 35.6 Å². The molecule has 2 heterocycles. The third kappa shape index (κ3) is 3.03. The largest absolute Gasteiger partial charge is 0.346 e. The monoisotopic (exact) mass is 349 g/mol. The second-order valence-corrected chi connectivity index (χ2v) is 7.55. The van der Waals surface area contributed by atoms with Crippen LogP contribution in [-0.2, 0) is 9.84 Å². The molecule has 0 saturated carbocycles. The zero-order valence-electron chi connectivity index (χ0n) is 10.1. The van der Waals surface area contributed by atoms with E-state index in [1.807, 2.05) is 0 Å². The normalized spacial score (nSPS) is 22.2. The Morgan fingerprint density at radius 3 is 2.84 bits per heavy atom. The van der Waals surface area contributed by atoms with Crippen molar-refractivity contribution >= 4 is 37.3 Å². The summed E-state index contributed by atoms with van der Waals surface area (Å²) in [6.45, 7) is 1.95. The molecule has 0 amide bonds. The summed E-state index contributed by atoms with van der Waals surface area (Å²) in [6.07, 6.45) is 1.47. The van der Waals surface area contributed by atoms with Crippen LogP contribution in [0.25, 0.3) is 0 Å². The summed E-state index contributed by atoms with van der Waals surface area (Å²) >= 11 is 3.14. The number of sulfone groups is 1. The Balaban J connectivity index is 2.40. The molecule has 19 heavy (non-hydrogen) atoms. The van der Waals surface area contributed by atoms with Crippen LogP contribution in [0.2, 0.25) is 0 Å². The van der Waals surface area contributed by atoms with E-state index in [1.54, 1.807) is 11.8 Å². The summed E-state index contributed by atoms with van der Waals surface area (Å²) < 4.78 is 23.6. The lowest BCUT2D eigenvalue weighted by Crippen LogP contribution is -2.47. The number of hydrogen-bond donors (Lipinski definition) is 0. The van der Waals surface area contributed by atoms with Gasteiger partial charge in [-0.05, 0) is 22.9 Å². The first kappa shape index (κ1) is 14.2. The molecular weight excluding hydrogens is 338 g/mol. The molecule has 1 saturated heterocycles. The van der Waals surface area contributed by atoms with Crippen molar-refractivity contribution in [1.29, 1.82) is 0 Å². The lowest BCUT2D eigenvalue weighted by atomic mass is 10.2. The van der Waals surface area contributed by atoms with Crippen LogP contribution in [0.3, 0.4) is 0 Å². The molecule has 1 aromatic heterocycles. The topological polar surface area (TPSA) is 93.4 Å². The van der Waals surface area contributed by atoms with Gasteiger partial charge in [-0.1, -0.05) is 0 Å². The van der Waals surface area contributed by atoms with Gasteiger partial charge in [0.2, 0.25) is 5.82 Å². The van der Waals surface area contributed by atoms with Crippen LogP contribution in [0.4, 0.5) is 11.5 Å². The molecule has 1 fully saturated rings. The molecule has 2 rings (SSSR count). The Morgan fingerprint density at radius 2 is 2.26 bits per heavy atom. The predicted octanol–water partition coefficient (Wildman–Crippen LogP) is 1.38. The second kappa shape index (κ2) is 5.04. The Kier molecular flexibility index (Phi) is 3.77. The van der Waals surface area contributed by atoms with Gasteiger partial charge in [-0.25, -0.2) is 13.4 Å². The first-order valence-corrected chi connectivity index (χ1v) is 8.18. The number of pyridine rings is 1. The number of hydrogen-bond acceptors (Lipinski definition) is 6. The second-order valence-electron chi connectivity index (χ2n) is 4.41. The average Bonchev–Trinajstić information content (AvgIpc) is 2.28. The van der Waals surface area contributed by atoms with Crippen molar-refractivity contribution in [2.75, 3.05) is 23.0 Å². The minimum Gasteiger partial charge on any atom is -0.346 e. The molecule has 1 atom stereocenters. The van der Waals surface area contributed by atoms with Crippen molar-refractivity contribution in [3.63, 3.8) is 0 Å². The van der Waals surface area contributed by atoms with Gasteiger partial charge in [0.25, 0.3) is 0 Å². The number of halogens is 1. The van der Waals surface area contributed by atoms with Crippen molar-refractivity contribution in [1.82, 2.24) is 4.98 Å². The van der Waals surface area contributed by atoms with Crippen molar-refractivity contribution in [2.45, 2.75) is 13.0 Å². The summed E-state index contributed by atoms with van der Waals surface area (Å²) in [6, 6.07) is 1.05. The zero-order chi connectivity index (χ0) is 14.2. The minimum absolute atomic E-state index is 0.00770. The highest BCUT2D eigenvalue weighted by Crippen LogP contribution is 2.31. The van der Waals surface area contributed by atoms with Gasteiger partial charge in [0.1, 0.15) is 0 Å². The fourth-order valence-corrected chi connectivity index (χ4v) is 3.97. The van der Waals surface area contributed by atoms with Gasteiger partial charge in [0, 0.05) is 29.3 Å². The van der Waals surface area contributed by atoms with Gasteiger partial charge in [0.05, 0.1) is 16.4 Å². The summed E-state index contributed by atoms with van der Waals surface area (Å²) in [7, 11) is -3.06. The van der Waals surface area contributed by atoms with Gasteiger partial charge in [-0.15, -0.1) is 0 Å². The van der Waals surface area contributed by atoms with E-state index in [2.05, 4.69) is 20.9 Å². The summed E-state index contributed by atoms with van der Waals surface area (Å²) in [4.78, 5) is 16.3. The Bertz CT molecular complexity index is 619. The first-order chi connectivity index (χ1) is 8.80. The van der Waals surface area contributed by atoms with Crippen molar-refractivity contribution in [2.24, 2.45) is 0 Å². The molecule has 0 aliphatic carbocycles. The highest BCUT2D eigenvalue weighted by Gasteiger charge is 2.32. The lowest BCUT2D eigenvalue weighted by Gasteiger charge is -2.33. The van der Waals surface area contributed by atoms with E-state index in [0.29, 0.717) is 4.47 Å². The molecule has 1 aliphatic rings. The first-order valence-electron chi connectivity index (χ1n) is 5.57. The van der Waals surface area contributed by atoms with Gasteiger partial charge < -0.3 is 4.90 Å². The number of nitro groups is 1. The highest BCUT2D eigenvalue weighted by atomic mass is 79.9. The van der Waals surface area contributed by atoms with E-state index in [4.69, 9.17) is 0 Å². The third-order valence-corrected chi connectivity index (χ3v) is 5.18. The quantitative estimate of drug-likeness (QED) is 0.591. The average molecular weight is 350 g/mol. The molecule has 0 spiro atoms. The molecule has 1 aliphatic heterocycles. The summed E-state index contributed by atoms with van der Waals surface area (Å²) in [5.41, 5.74) is -0.125. The van der Waals surface area contributed by atoms with Crippen molar-refractivity contribution in [3.05, 3.63) is 26.9 Å². The number of anilines is 1. The number of rotatable bonds is 2. The van der Waals surface area contributed by atoms with E-state index in [1.165, 1.54) is 12.3 Å². The molecule has 1 aromatic rings. The molecule has 7 nitrogen and oxygen atoms in total. The molecule has 0 bridgehead atoms. The van der Waals surface area contributed by atoms with Crippen LogP contribution in [-0.4, -0.2) is 42.4 Å². The van der Waals surface area contributed by atoms with Crippen LogP contribution >= 0.6 is 15.9 Å². The van der Waals surface area contributed by atoms with Gasteiger partial charge in [-0.2, -0.15) is 0 Å². The fourth-order valence-electron chi connectivity index (χ4n) is 2.09. The molecule has 0 radical (unpaired) electrons. The van der Waals surface area contributed by atoms with Gasteiger partial charge >= 0.3 is 5.69 Å². The highest BCUT2D eigenvalue weighted by molar-refractivity contribution is 9.10. The maximum atomic E-state index is 11.5. The van der Waals surface area contributed by atoms with E-state index < -0.39 is 14.8 Å². The zero-order valence-corrected chi connectivity index (χ0v) is 12.5. The molecule has 104 valence electrons. The summed E-state index contributed by atoms with van der Waals surface area (Å²) in [5.74, 6) is 0.198. The number of nitrogens with zero attached hydrogens (tertiary/aromatic N) is 3. The Labute approximate surface area is 118 Å². The smallest absolute Gasteiger partial charge is 0.312 e. The number of aromatic nitrogens is 1. The van der Waals surface area contributed by atoms with Crippen molar-refractivity contribution < 1.29 is 13.3 Å². The fraction of sp³-hybridized carbons (Fsp3) is 0.500. The Morgan fingerprint density at radius 1 is 1.58 bits per heavy atom. The molecular formula is C10H12BrN3O4S.